The molecule has 0 saturated carbocycles. The van der Waals surface area contributed by atoms with E-state index < -0.39 is 0 Å². The van der Waals surface area contributed by atoms with Gasteiger partial charge >= 0.3 is 0 Å². The van der Waals surface area contributed by atoms with Gasteiger partial charge in [0.1, 0.15) is 0 Å². The van der Waals surface area contributed by atoms with Crippen molar-refractivity contribution in [1.82, 2.24) is 0 Å². The molecule has 0 fully saturated rings. The zero-order chi connectivity index (χ0) is 12.4. The second-order valence-electron chi connectivity index (χ2n) is 3.93. The molecule has 1 aromatic carbocycles. The summed E-state index contributed by atoms with van der Waals surface area (Å²) in [5, 5.41) is 1.39. The highest BCUT2D eigenvalue weighted by Gasteiger charge is 2.12. The number of allylic oxidation sites excluding steroid dienone is 2. The van der Waals surface area contributed by atoms with E-state index in [-0.39, 0.29) is 0 Å². The highest BCUT2D eigenvalue weighted by atomic mass is 79.9. The summed E-state index contributed by atoms with van der Waals surface area (Å²) >= 11 is 5.49. The molecule has 88 valence electrons. The Morgan fingerprint density at radius 2 is 2.18 bits per heavy atom. The Balaban J connectivity index is 2.82. The molecule has 0 unspecified atom stereocenters. The SMILES string of the molecule is C=C/C=C\c1c(C)sc2c(Br)ccc(CC)c12. The van der Waals surface area contributed by atoms with Gasteiger partial charge in [-0.15, -0.1) is 11.3 Å². The number of fused-ring (bicyclic) bond motifs is 1. The van der Waals surface area contributed by atoms with Crippen LogP contribution in [0.3, 0.4) is 0 Å². The summed E-state index contributed by atoms with van der Waals surface area (Å²) in [6.07, 6.45) is 7.06. The third-order valence-electron chi connectivity index (χ3n) is 2.88. The first-order valence-electron chi connectivity index (χ1n) is 5.68. The normalized spacial score (nSPS) is 11.5. The molecule has 0 aliphatic carbocycles. The van der Waals surface area contributed by atoms with E-state index in [0.29, 0.717) is 0 Å². The van der Waals surface area contributed by atoms with Crippen molar-refractivity contribution in [1.29, 1.82) is 0 Å². The van der Waals surface area contributed by atoms with Crippen molar-refractivity contribution in [2.45, 2.75) is 20.3 Å². The number of aryl methyl sites for hydroxylation is 2. The van der Waals surface area contributed by atoms with Crippen LogP contribution in [0.5, 0.6) is 0 Å². The molecule has 0 aliphatic heterocycles. The first-order chi connectivity index (χ1) is 8.19. The summed E-state index contributed by atoms with van der Waals surface area (Å²) < 4.78 is 2.54. The molecule has 0 N–H and O–H groups in total. The molecular weight excluding hydrogens is 292 g/mol. The van der Waals surface area contributed by atoms with Crippen LogP contribution < -0.4 is 0 Å². The Bertz CT molecular complexity index is 590. The molecule has 1 heterocycles. The van der Waals surface area contributed by atoms with Crippen LogP contribution in [-0.4, -0.2) is 0 Å². The number of thiophene rings is 1. The lowest BCUT2D eigenvalue weighted by Crippen LogP contribution is -1.83. The fraction of sp³-hybridized carbons (Fsp3) is 0.200. The molecule has 0 amide bonds. The van der Waals surface area contributed by atoms with Crippen LogP contribution >= 0.6 is 27.3 Å². The molecule has 0 nitrogen and oxygen atoms in total. The fourth-order valence-electron chi connectivity index (χ4n) is 2.04. The molecule has 0 spiro atoms. The molecular formula is C15H15BrS. The van der Waals surface area contributed by atoms with Gasteiger partial charge in [-0.2, -0.15) is 0 Å². The minimum atomic E-state index is 1.06. The second-order valence-corrected chi connectivity index (χ2v) is 6.01. The maximum atomic E-state index is 3.74. The van der Waals surface area contributed by atoms with Gasteiger partial charge in [0.15, 0.2) is 0 Å². The number of hydrogen-bond donors (Lipinski definition) is 0. The Kier molecular flexibility index (Phi) is 3.85. The largest absolute Gasteiger partial charge is 0.139 e. The molecule has 1 aromatic heterocycles. The standard InChI is InChI=1S/C15H15BrS/c1-4-6-7-12-10(3)17-15-13(16)9-8-11(5-2)14(12)15/h4,6-9H,1,5H2,2-3H3/b7-6-. The van der Waals surface area contributed by atoms with Gasteiger partial charge in [0, 0.05) is 19.4 Å². The maximum Gasteiger partial charge on any atom is 0.0496 e. The van der Waals surface area contributed by atoms with Crippen LogP contribution in [0.25, 0.3) is 16.2 Å². The summed E-state index contributed by atoms with van der Waals surface area (Å²) in [6.45, 7) is 8.12. The third kappa shape index (κ3) is 2.24. The zero-order valence-electron chi connectivity index (χ0n) is 10.1. The highest BCUT2D eigenvalue weighted by Crippen LogP contribution is 2.38. The minimum Gasteiger partial charge on any atom is -0.139 e. The van der Waals surface area contributed by atoms with Crippen LogP contribution in [-0.2, 0) is 6.42 Å². The van der Waals surface area contributed by atoms with Crippen molar-refractivity contribution >= 4 is 43.4 Å². The lowest BCUT2D eigenvalue weighted by atomic mass is 10.0. The summed E-state index contributed by atoms with van der Waals surface area (Å²) in [5.41, 5.74) is 2.75. The van der Waals surface area contributed by atoms with Gasteiger partial charge in [0.25, 0.3) is 0 Å². The van der Waals surface area contributed by atoms with Gasteiger partial charge < -0.3 is 0 Å². The van der Waals surface area contributed by atoms with Crippen molar-refractivity contribution in [3.63, 3.8) is 0 Å². The number of hydrogen-bond acceptors (Lipinski definition) is 1. The monoisotopic (exact) mass is 306 g/mol. The Morgan fingerprint density at radius 1 is 1.41 bits per heavy atom. The van der Waals surface area contributed by atoms with Crippen LogP contribution in [0.1, 0.15) is 22.9 Å². The summed E-state index contributed by atoms with van der Waals surface area (Å²) in [6, 6.07) is 4.36. The molecule has 0 atom stereocenters. The molecule has 2 heteroatoms. The molecule has 2 aromatic rings. The molecule has 0 aliphatic rings. The van der Waals surface area contributed by atoms with Crippen LogP contribution in [0.15, 0.2) is 35.3 Å². The summed E-state index contributed by atoms with van der Waals surface area (Å²) in [5.74, 6) is 0. The van der Waals surface area contributed by atoms with Crippen molar-refractivity contribution in [3.05, 3.63) is 51.3 Å². The van der Waals surface area contributed by atoms with E-state index >= 15 is 0 Å². The highest BCUT2D eigenvalue weighted by molar-refractivity contribution is 9.10. The van der Waals surface area contributed by atoms with Crippen molar-refractivity contribution < 1.29 is 0 Å². The van der Waals surface area contributed by atoms with E-state index in [4.69, 9.17) is 0 Å². The van der Waals surface area contributed by atoms with E-state index in [1.807, 2.05) is 23.5 Å². The van der Waals surface area contributed by atoms with E-state index in [1.54, 1.807) is 0 Å². The van der Waals surface area contributed by atoms with E-state index in [9.17, 15) is 0 Å². The average molecular weight is 307 g/mol. The molecule has 2 rings (SSSR count). The number of halogens is 1. The average Bonchev–Trinajstić information content (AvgIpc) is 2.65. The molecule has 0 bridgehead atoms. The van der Waals surface area contributed by atoms with Gasteiger partial charge in [-0.05, 0) is 46.5 Å². The van der Waals surface area contributed by atoms with Crippen molar-refractivity contribution in [2.75, 3.05) is 0 Å². The molecule has 17 heavy (non-hydrogen) atoms. The first kappa shape index (κ1) is 12.6. The maximum absolute atomic E-state index is 3.74. The minimum absolute atomic E-state index is 1.06. The Hall–Kier alpha value is -0.860. The molecule has 0 saturated heterocycles. The summed E-state index contributed by atoms with van der Waals surface area (Å²) in [4.78, 5) is 1.36. The Labute approximate surface area is 115 Å². The predicted molar refractivity (Wildman–Crippen MR) is 82.9 cm³/mol. The lowest BCUT2D eigenvalue weighted by molar-refractivity contribution is 1.16. The smallest absolute Gasteiger partial charge is 0.0496 e. The van der Waals surface area contributed by atoms with E-state index in [0.717, 1.165) is 6.42 Å². The van der Waals surface area contributed by atoms with Crippen LogP contribution in [0.2, 0.25) is 0 Å². The quantitative estimate of drug-likeness (QED) is 0.635. The topological polar surface area (TPSA) is 0 Å². The van der Waals surface area contributed by atoms with Crippen molar-refractivity contribution in [3.8, 4) is 0 Å². The van der Waals surface area contributed by atoms with Gasteiger partial charge in [0.05, 0.1) is 0 Å². The first-order valence-corrected chi connectivity index (χ1v) is 7.29. The Morgan fingerprint density at radius 3 is 2.82 bits per heavy atom. The van der Waals surface area contributed by atoms with Gasteiger partial charge in [-0.25, -0.2) is 0 Å². The predicted octanol–water partition coefficient (Wildman–Crippen LogP) is 5.73. The number of rotatable bonds is 3. The third-order valence-corrected chi connectivity index (χ3v) is 4.96. The number of benzene rings is 1. The van der Waals surface area contributed by atoms with Gasteiger partial charge in [0.2, 0.25) is 0 Å². The van der Waals surface area contributed by atoms with Crippen molar-refractivity contribution in [2.24, 2.45) is 0 Å². The zero-order valence-corrected chi connectivity index (χ0v) is 12.5. The van der Waals surface area contributed by atoms with Crippen LogP contribution in [0, 0.1) is 6.92 Å². The second kappa shape index (κ2) is 5.19. The van der Waals surface area contributed by atoms with Gasteiger partial charge in [-0.1, -0.05) is 37.8 Å². The van der Waals surface area contributed by atoms with Crippen LogP contribution in [0.4, 0.5) is 0 Å². The lowest BCUT2D eigenvalue weighted by Gasteiger charge is -2.03. The van der Waals surface area contributed by atoms with Gasteiger partial charge in [-0.3, -0.25) is 0 Å². The summed E-state index contributed by atoms with van der Waals surface area (Å²) in [7, 11) is 0. The van der Waals surface area contributed by atoms with E-state index in [2.05, 4.69) is 54.6 Å². The molecule has 0 radical (unpaired) electrons. The fourth-order valence-corrected chi connectivity index (χ4v) is 3.70. The van der Waals surface area contributed by atoms with E-state index in [1.165, 1.54) is 30.6 Å².